The topological polar surface area (TPSA) is 23.8 Å². The second-order valence-corrected chi connectivity index (χ2v) is 6.55. The van der Waals surface area contributed by atoms with Crippen molar-refractivity contribution in [1.82, 2.24) is 0 Å². The Kier molecular flexibility index (Phi) is 3.08. The van der Waals surface area contributed by atoms with Crippen molar-refractivity contribution < 1.29 is 0 Å². The SMILES string of the molecule is CC1CC(C#N)(Sc2cccc(Br)c2)C1. The number of hydrogen-bond acceptors (Lipinski definition) is 2. The van der Waals surface area contributed by atoms with Gasteiger partial charge in [-0.25, -0.2) is 0 Å². The third-order valence-electron chi connectivity index (χ3n) is 2.67. The molecule has 1 aliphatic carbocycles. The van der Waals surface area contributed by atoms with Gasteiger partial charge in [-0.05, 0) is 37.0 Å². The molecule has 0 heterocycles. The van der Waals surface area contributed by atoms with Crippen molar-refractivity contribution in [2.24, 2.45) is 5.92 Å². The van der Waals surface area contributed by atoms with Crippen LogP contribution < -0.4 is 0 Å². The Morgan fingerprint density at radius 3 is 2.80 bits per heavy atom. The van der Waals surface area contributed by atoms with Crippen LogP contribution in [0.3, 0.4) is 0 Å². The third-order valence-corrected chi connectivity index (χ3v) is 4.47. The van der Waals surface area contributed by atoms with Gasteiger partial charge in [0.2, 0.25) is 0 Å². The van der Waals surface area contributed by atoms with Crippen LogP contribution in [0, 0.1) is 17.2 Å². The van der Waals surface area contributed by atoms with E-state index in [1.807, 2.05) is 12.1 Å². The highest BCUT2D eigenvalue weighted by Crippen LogP contribution is 2.50. The number of halogens is 1. The van der Waals surface area contributed by atoms with Crippen LogP contribution in [0.4, 0.5) is 0 Å². The zero-order valence-electron chi connectivity index (χ0n) is 8.53. The summed E-state index contributed by atoms with van der Waals surface area (Å²) < 4.78 is 0.910. The molecular weight excluding hydrogens is 270 g/mol. The minimum absolute atomic E-state index is 0.166. The maximum Gasteiger partial charge on any atom is 0.107 e. The monoisotopic (exact) mass is 281 g/mol. The number of thioether (sulfide) groups is 1. The molecule has 0 aliphatic heterocycles. The molecule has 1 nitrogen and oxygen atoms in total. The molecule has 0 spiro atoms. The van der Waals surface area contributed by atoms with Gasteiger partial charge in [-0.3, -0.25) is 0 Å². The first kappa shape index (κ1) is 11.0. The van der Waals surface area contributed by atoms with Gasteiger partial charge in [-0.15, -0.1) is 11.8 Å². The third kappa shape index (κ3) is 2.38. The molecule has 0 radical (unpaired) electrons. The number of benzene rings is 1. The Bertz CT molecular complexity index is 404. The number of nitriles is 1. The molecule has 78 valence electrons. The van der Waals surface area contributed by atoms with Crippen molar-refractivity contribution in [1.29, 1.82) is 5.26 Å². The smallest absolute Gasteiger partial charge is 0.107 e. The van der Waals surface area contributed by atoms with Crippen LogP contribution in [0.15, 0.2) is 33.6 Å². The summed E-state index contributed by atoms with van der Waals surface area (Å²) in [5.74, 6) is 0.698. The fourth-order valence-corrected chi connectivity index (χ4v) is 4.14. The Morgan fingerprint density at radius 1 is 1.53 bits per heavy atom. The zero-order valence-corrected chi connectivity index (χ0v) is 10.9. The van der Waals surface area contributed by atoms with Crippen molar-refractivity contribution >= 4 is 27.7 Å². The summed E-state index contributed by atoms with van der Waals surface area (Å²) in [4.78, 5) is 1.18. The molecule has 1 saturated carbocycles. The van der Waals surface area contributed by atoms with Crippen LogP contribution in [-0.4, -0.2) is 4.75 Å². The lowest BCUT2D eigenvalue weighted by atomic mass is 9.76. The van der Waals surface area contributed by atoms with Gasteiger partial charge in [-0.2, -0.15) is 5.26 Å². The van der Waals surface area contributed by atoms with Crippen LogP contribution in [-0.2, 0) is 0 Å². The second kappa shape index (κ2) is 4.19. The second-order valence-electron chi connectivity index (χ2n) is 4.18. The predicted octanol–water partition coefficient (Wildman–Crippen LogP) is 4.23. The molecule has 3 heteroatoms. The molecule has 1 aliphatic rings. The van der Waals surface area contributed by atoms with Gasteiger partial charge in [0.1, 0.15) is 4.75 Å². The van der Waals surface area contributed by atoms with Gasteiger partial charge >= 0.3 is 0 Å². The largest absolute Gasteiger partial charge is 0.197 e. The lowest BCUT2D eigenvalue weighted by Crippen LogP contribution is -2.37. The van der Waals surface area contributed by atoms with Crippen LogP contribution in [0.5, 0.6) is 0 Å². The molecule has 0 saturated heterocycles. The standard InChI is InChI=1S/C12H12BrNS/c1-9-6-12(7-9,8-14)15-11-4-2-3-10(13)5-11/h2-5,9H,6-7H2,1H3. The maximum atomic E-state index is 9.20. The molecule has 15 heavy (non-hydrogen) atoms. The van der Waals surface area contributed by atoms with Crippen molar-refractivity contribution in [2.75, 3.05) is 0 Å². The number of hydrogen-bond donors (Lipinski definition) is 0. The van der Waals surface area contributed by atoms with Gasteiger partial charge < -0.3 is 0 Å². The van der Waals surface area contributed by atoms with E-state index < -0.39 is 0 Å². The summed E-state index contributed by atoms with van der Waals surface area (Å²) in [6.45, 7) is 2.21. The van der Waals surface area contributed by atoms with E-state index in [2.05, 4.69) is 41.1 Å². The molecule has 0 amide bonds. The van der Waals surface area contributed by atoms with E-state index in [0.717, 1.165) is 17.3 Å². The fraction of sp³-hybridized carbons (Fsp3) is 0.417. The molecule has 0 bridgehead atoms. The van der Waals surface area contributed by atoms with Crippen molar-refractivity contribution in [3.05, 3.63) is 28.7 Å². The fourth-order valence-electron chi connectivity index (χ4n) is 2.02. The molecule has 1 aromatic rings. The van der Waals surface area contributed by atoms with E-state index in [4.69, 9.17) is 0 Å². The number of nitrogens with zero attached hydrogens (tertiary/aromatic N) is 1. The molecular formula is C12H12BrNS. The molecule has 1 aromatic carbocycles. The summed E-state index contributed by atoms with van der Waals surface area (Å²) in [5.41, 5.74) is 0. The lowest BCUT2D eigenvalue weighted by Gasteiger charge is -2.40. The summed E-state index contributed by atoms with van der Waals surface area (Å²) in [6.07, 6.45) is 2.03. The summed E-state index contributed by atoms with van der Waals surface area (Å²) >= 11 is 5.15. The molecule has 0 N–H and O–H groups in total. The highest BCUT2D eigenvalue weighted by atomic mass is 79.9. The first-order valence-electron chi connectivity index (χ1n) is 4.99. The Balaban J connectivity index is 2.12. The first-order chi connectivity index (χ1) is 7.13. The summed E-state index contributed by atoms with van der Waals surface area (Å²) in [5, 5.41) is 9.20. The molecule has 1 fully saturated rings. The summed E-state index contributed by atoms with van der Waals surface area (Å²) in [7, 11) is 0. The van der Waals surface area contributed by atoms with Crippen molar-refractivity contribution in [2.45, 2.75) is 29.4 Å². The van der Waals surface area contributed by atoms with Gasteiger partial charge in [0, 0.05) is 9.37 Å². The highest BCUT2D eigenvalue weighted by Gasteiger charge is 2.43. The Hall–Kier alpha value is -0.460. The van der Waals surface area contributed by atoms with Crippen molar-refractivity contribution in [3.8, 4) is 6.07 Å². The van der Waals surface area contributed by atoms with E-state index in [0.29, 0.717) is 5.92 Å². The average Bonchev–Trinajstić information content (AvgIpc) is 2.15. The molecule has 0 atom stereocenters. The minimum atomic E-state index is -0.166. The number of rotatable bonds is 2. The van der Waals surface area contributed by atoms with Crippen LogP contribution in [0.1, 0.15) is 19.8 Å². The maximum absolute atomic E-state index is 9.20. The zero-order chi connectivity index (χ0) is 10.9. The van der Waals surface area contributed by atoms with Crippen LogP contribution in [0.25, 0.3) is 0 Å². The Morgan fingerprint density at radius 2 is 2.27 bits per heavy atom. The summed E-state index contributed by atoms with van der Waals surface area (Å²) in [6, 6.07) is 10.6. The van der Waals surface area contributed by atoms with E-state index in [1.165, 1.54) is 4.90 Å². The van der Waals surface area contributed by atoms with E-state index in [9.17, 15) is 5.26 Å². The molecule has 2 rings (SSSR count). The molecule has 0 unspecified atom stereocenters. The van der Waals surface area contributed by atoms with Crippen molar-refractivity contribution in [3.63, 3.8) is 0 Å². The highest BCUT2D eigenvalue weighted by molar-refractivity contribution is 9.10. The minimum Gasteiger partial charge on any atom is -0.197 e. The van der Waals surface area contributed by atoms with Crippen LogP contribution >= 0.6 is 27.7 Å². The quantitative estimate of drug-likeness (QED) is 0.810. The van der Waals surface area contributed by atoms with Gasteiger partial charge in [0.05, 0.1) is 6.07 Å². The Labute approximate surface area is 103 Å². The van der Waals surface area contributed by atoms with Gasteiger partial charge in [0.25, 0.3) is 0 Å². The normalized spacial score (nSPS) is 29.3. The predicted molar refractivity (Wildman–Crippen MR) is 66.7 cm³/mol. The lowest BCUT2D eigenvalue weighted by molar-refractivity contribution is 0.303. The van der Waals surface area contributed by atoms with Gasteiger partial charge in [0.15, 0.2) is 0 Å². The van der Waals surface area contributed by atoms with E-state index in [-0.39, 0.29) is 4.75 Å². The first-order valence-corrected chi connectivity index (χ1v) is 6.60. The molecule has 0 aromatic heterocycles. The van der Waals surface area contributed by atoms with Crippen LogP contribution in [0.2, 0.25) is 0 Å². The average molecular weight is 282 g/mol. The van der Waals surface area contributed by atoms with Gasteiger partial charge in [-0.1, -0.05) is 28.9 Å². The van der Waals surface area contributed by atoms with E-state index in [1.54, 1.807) is 11.8 Å². The van der Waals surface area contributed by atoms with E-state index >= 15 is 0 Å².